The third-order valence-electron chi connectivity index (χ3n) is 3.01. The van der Waals surface area contributed by atoms with Crippen LogP contribution in [0.3, 0.4) is 0 Å². The SMILES string of the molecule is CCOC[C@@H](O)[C@H]1CC=C[C@@H](C)[C@H]1C#N. The lowest BCUT2D eigenvalue weighted by Gasteiger charge is -2.31. The summed E-state index contributed by atoms with van der Waals surface area (Å²) in [6, 6.07) is 2.29. The minimum atomic E-state index is -0.526. The van der Waals surface area contributed by atoms with Gasteiger partial charge in [0.05, 0.1) is 24.7 Å². The molecule has 0 radical (unpaired) electrons. The smallest absolute Gasteiger partial charge is 0.0817 e. The molecule has 0 amide bonds. The van der Waals surface area contributed by atoms with Gasteiger partial charge in [-0.05, 0) is 19.3 Å². The molecule has 0 bridgehead atoms. The van der Waals surface area contributed by atoms with Gasteiger partial charge in [0.1, 0.15) is 0 Å². The summed E-state index contributed by atoms with van der Waals surface area (Å²) in [5, 5.41) is 19.0. The highest BCUT2D eigenvalue weighted by molar-refractivity contribution is 5.07. The topological polar surface area (TPSA) is 53.2 Å². The minimum Gasteiger partial charge on any atom is -0.390 e. The van der Waals surface area contributed by atoms with Gasteiger partial charge >= 0.3 is 0 Å². The van der Waals surface area contributed by atoms with E-state index in [2.05, 4.69) is 18.2 Å². The van der Waals surface area contributed by atoms with E-state index in [0.717, 1.165) is 6.42 Å². The Morgan fingerprint density at radius 2 is 2.40 bits per heavy atom. The van der Waals surface area contributed by atoms with Gasteiger partial charge in [-0.3, -0.25) is 0 Å². The van der Waals surface area contributed by atoms with Crippen molar-refractivity contribution in [2.45, 2.75) is 26.4 Å². The Kier molecular flexibility index (Phi) is 4.80. The van der Waals surface area contributed by atoms with Crippen molar-refractivity contribution in [2.24, 2.45) is 17.8 Å². The summed E-state index contributed by atoms with van der Waals surface area (Å²) in [6.45, 7) is 4.86. The van der Waals surface area contributed by atoms with E-state index in [1.165, 1.54) is 0 Å². The van der Waals surface area contributed by atoms with Crippen LogP contribution in [0.15, 0.2) is 12.2 Å². The van der Waals surface area contributed by atoms with Crippen molar-refractivity contribution in [3.63, 3.8) is 0 Å². The van der Waals surface area contributed by atoms with Crippen LogP contribution in [0.2, 0.25) is 0 Å². The molecule has 0 saturated carbocycles. The Bertz CT molecular complexity index is 257. The van der Waals surface area contributed by atoms with Crippen molar-refractivity contribution in [1.29, 1.82) is 5.26 Å². The van der Waals surface area contributed by atoms with Crippen LogP contribution in [-0.4, -0.2) is 24.4 Å². The molecule has 0 fully saturated rings. The van der Waals surface area contributed by atoms with Gasteiger partial charge in [-0.2, -0.15) is 5.26 Å². The second-order valence-corrected chi connectivity index (χ2v) is 4.07. The van der Waals surface area contributed by atoms with E-state index < -0.39 is 6.10 Å². The fourth-order valence-electron chi connectivity index (χ4n) is 2.08. The summed E-state index contributed by atoms with van der Waals surface area (Å²) in [5.74, 6) is 0.150. The molecule has 0 spiro atoms. The van der Waals surface area contributed by atoms with Crippen molar-refractivity contribution in [3.8, 4) is 6.07 Å². The molecule has 84 valence electrons. The second-order valence-electron chi connectivity index (χ2n) is 4.07. The number of nitriles is 1. The first kappa shape index (κ1) is 12.2. The molecule has 1 rings (SSSR count). The Balaban J connectivity index is 2.59. The highest BCUT2D eigenvalue weighted by Crippen LogP contribution is 2.32. The molecule has 0 heterocycles. The van der Waals surface area contributed by atoms with E-state index in [4.69, 9.17) is 10.00 Å². The first-order valence-electron chi connectivity index (χ1n) is 5.52. The Labute approximate surface area is 91.4 Å². The largest absolute Gasteiger partial charge is 0.390 e. The third kappa shape index (κ3) is 3.05. The Hall–Kier alpha value is -0.850. The zero-order chi connectivity index (χ0) is 11.3. The molecular weight excluding hydrogens is 190 g/mol. The molecular formula is C12H19NO2. The van der Waals surface area contributed by atoms with Gasteiger partial charge in [-0.25, -0.2) is 0 Å². The van der Waals surface area contributed by atoms with Crippen LogP contribution in [0.25, 0.3) is 0 Å². The van der Waals surface area contributed by atoms with Gasteiger partial charge in [0.25, 0.3) is 0 Å². The summed E-state index contributed by atoms with van der Waals surface area (Å²) in [7, 11) is 0. The highest BCUT2D eigenvalue weighted by Gasteiger charge is 2.32. The second kappa shape index (κ2) is 5.89. The number of rotatable bonds is 4. The minimum absolute atomic E-state index is 0.0153. The van der Waals surface area contributed by atoms with Gasteiger partial charge in [0.2, 0.25) is 0 Å². The summed E-state index contributed by atoms with van der Waals surface area (Å²) >= 11 is 0. The molecule has 1 N–H and O–H groups in total. The monoisotopic (exact) mass is 209 g/mol. The third-order valence-corrected chi connectivity index (χ3v) is 3.01. The number of aliphatic hydroxyl groups is 1. The van der Waals surface area contributed by atoms with Gasteiger partial charge in [0.15, 0.2) is 0 Å². The van der Waals surface area contributed by atoms with E-state index in [-0.39, 0.29) is 17.8 Å². The maximum Gasteiger partial charge on any atom is 0.0817 e. The molecule has 0 aromatic heterocycles. The van der Waals surface area contributed by atoms with Gasteiger partial charge in [-0.1, -0.05) is 19.1 Å². The number of allylic oxidation sites excluding steroid dienone is 2. The molecule has 15 heavy (non-hydrogen) atoms. The molecule has 0 aromatic rings. The number of ether oxygens (including phenoxy) is 1. The molecule has 0 aromatic carbocycles. The summed E-state index contributed by atoms with van der Waals surface area (Å²) in [4.78, 5) is 0. The first-order chi connectivity index (χ1) is 7.20. The van der Waals surface area contributed by atoms with Crippen LogP contribution in [0.4, 0.5) is 0 Å². The average molecular weight is 209 g/mol. The zero-order valence-electron chi connectivity index (χ0n) is 9.39. The maximum absolute atomic E-state index is 9.91. The summed E-state index contributed by atoms with van der Waals surface area (Å²) in [6.07, 6.45) is 4.36. The van der Waals surface area contributed by atoms with Gasteiger partial charge < -0.3 is 9.84 Å². The quantitative estimate of drug-likeness (QED) is 0.717. The Morgan fingerprint density at radius 1 is 1.67 bits per heavy atom. The van der Waals surface area contributed by atoms with Crippen LogP contribution in [-0.2, 0) is 4.74 Å². The number of aliphatic hydroxyl groups excluding tert-OH is 1. The van der Waals surface area contributed by atoms with Crippen LogP contribution in [0.1, 0.15) is 20.3 Å². The lowest BCUT2D eigenvalue weighted by Crippen LogP contribution is -2.35. The first-order valence-corrected chi connectivity index (χ1v) is 5.52. The molecule has 0 unspecified atom stereocenters. The van der Waals surface area contributed by atoms with E-state index in [1.54, 1.807) is 0 Å². The van der Waals surface area contributed by atoms with E-state index in [1.807, 2.05) is 13.8 Å². The highest BCUT2D eigenvalue weighted by atomic mass is 16.5. The fraction of sp³-hybridized carbons (Fsp3) is 0.750. The van der Waals surface area contributed by atoms with Crippen molar-refractivity contribution < 1.29 is 9.84 Å². The Morgan fingerprint density at radius 3 is 3.00 bits per heavy atom. The number of nitrogens with zero attached hydrogens (tertiary/aromatic N) is 1. The predicted molar refractivity (Wildman–Crippen MR) is 58.0 cm³/mol. The number of hydrogen-bond acceptors (Lipinski definition) is 3. The summed E-state index contributed by atoms with van der Waals surface area (Å²) in [5.41, 5.74) is 0. The van der Waals surface area contributed by atoms with Crippen molar-refractivity contribution >= 4 is 0 Å². The van der Waals surface area contributed by atoms with E-state index >= 15 is 0 Å². The normalized spacial score (nSPS) is 32.3. The van der Waals surface area contributed by atoms with Crippen molar-refractivity contribution in [3.05, 3.63) is 12.2 Å². The lowest BCUT2D eigenvalue weighted by molar-refractivity contribution is -0.00646. The molecule has 3 nitrogen and oxygen atoms in total. The standard InChI is InChI=1S/C12H19NO2/c1-3-15-8-12(14)10-6-4-5-9(2)11(10)7-13/h4-5,9-12,14H,3,6,8H2,1-2H3/t9-,10+,11-,12-/m1/s1. The average Bonchev–Trinajstić information content (AvgIpc) is 2.25. The van der Waals surface area contributed by atoms with Crippen LogP contribution in [0.5, 0.6) is 0 Å². The van der Waals surface area contributed by atoms with Crippen molar-refractivity contribution in [2.75, 3.05) is 13.2 Å². The van der Waals surface area contributed by atoms with Gasteiger partial charge in [0, 0.05) is 12.5 Å². The van der Waals surface area contributed by atoms with Crippen LogP contribution in [0, 0.1) is 29.1 Å². The van der Waals surface area contributed by atoms with Crippen molar-refractivity contribution in [1.82, 2.24) is 0 Å². The molecule has 0 saturated heterocycles. The van der Waals surface area contributed by atoms with Gasteiger partial charge in [-0.15, -0.1) is 0 Å². The lowest BCUT2D eigenvalue weighted by atomic mass is 9.75. The predicted octanol–water partition coefficient (Wildman–Crippen LogP) is 1.74. The van der Waals surface area contributed by atoms with E-state index in [0.29, 0.717) is 13.2 Å². The molecule has 1 aliphatic rings. The van der Waals surface area contributed by atoms with Crippen LogP contribution >= 0.6 is 0 Å². The maximum atomic E-state index is 9.91. The molecule has 3 heteroatoms. The summed E-state index contributed by atoms with van der Waals surface area (Å²) < 4.78 is 5.19. The molecule has 4 atom stereocenters. The molecule has 0 aliphatic heterocycles. The van der Waals surface area contributed by atoms with E-state index in [9.17, 15) is 5.11 Å². The fourth-order valence-corrected chi connectivity index (χ4v) is 2.08. The van der Waals surface area contributed by atoms with Crippen LogP contribution < -0.4 is 0 Å². The zero-order valence-corrected chi connectivity index (χ0v) is 9.39. The molecule has 1 aliphatic carbocycles. The number of hydrogen-bond donors (Lipinski definition) is 1.